The van der Waals surface area contributed by atoms with Gasteiger partial charge >= 0.3 is 0 Å². The Morgan fingerprint density at radius 2 is 1.96 bits per heavy atom. The summed E-state index contributed by atoms with van der Waals surface area (Å²) in [5.74, 6) is 0.220. The topological polar surface area (TPSA) is 106 Å². The number of amides is 2. The minimum atomic E-state index is -0.622. The molecule has 0 spiro atoms. The van der Waals surface area contributed by atoms with Crippen LogP contribution in [0.25, 0.3) is 0 Å². The molecule has 8 nitrogen and oxygen atoms in total. The number of aliphatic hydroxyl groups is 1. The summed E-state index contributed by atoms with van der Waals surface area (Å²) in [6.07, 6.45) is 2.46. The van der Waals surface area contributed by atoms with Crippen LogP contribution in [0.15, 0.2) is 36.4 Å². The summed E-state index contributed by atoms with van der Waals surface area (Å²) in [5, 5.41) is 15.0. The minimum Gasteiger partial charge on any atom is -0.496 e. The first-order valence-electron chi connectivity index (χ1n) is 8.69. The van der Waals surface area contributed by atoms with Gasteiger partial charge in [-0.1, -0.05) is 30.4 Å². The maximum Gasteiger partial charge on any atom is 0.246 e. The van der Waals surface area contributed by atoms with Crippen molar-refractivity contribution < 1.29 is 28.9 Å². The molecule has 2 rings (SSSR count). The van der Waals surface area contributed by atoms with Crippen LogP contribution in [0.4, 0.5) is 0 Å². The van der Waals surface area contributed by atoms with E-state index in [0.717, 1.165) is 5.56 Å². The number of methoxy groups -OCH3 is 2. The Bertz CT molecular complexity index is 663. The highest BCUT2D eigenvalue weighted by molar-refractivity contribution is 5.78. The molecule has 1 aliphatic rings. The molecule has 3 atom stereocenters. The zero-order valence-corrected chi connectivity index (χ0v) is 15.5. The monoisotopic (exact) mass is 378 g/mol. The van der Waals surface area contributed by atoms with Crippen LogP contribution in [0.5, 0.6) is 5.75 Å². The van der Waals surface area contributed by atoms with Gasteiger partial charge in [0.1, 0.15) is 18.5 Å². The lowest BCUT2D eigenvalue weighted by Gasteiger charge is -2.31. The SMILES string of the molecule is COCC(=O)N[C@@H]1C=C[C@H](CC(=O)NCc2ccccc2OC)O[C@@H]1CO. The lowest BCUT2D eigenvalue weighted by molar-refractivity contribution is -0.130. The number of hydrogen-bond acceptors (Lipinski definition) is 6. The van der Waals surface area contributed by atoms with Crippen molar-refractivity contribution in [3.05, 3.63) is 42.0 Å². The van der Waals surface area contributed by atoms with E-state index in [1.54, 1.807) is 19.3 Å². The third-order valence-corrected chi connectivity index (χ3v) is 4.12. The fraction of sp³-hybridized carbons (Fsp3) is 0.474. The van der Waals surface area contributed by atoms with E-state index in [2.05, 4.69) is 10.6 Å². The average Bonchev–Trinajstić information content (AvgIpc) is 2.68. The minimum absolute atomic E-state index is 0.0722. The van der Waals surface area contributed by atoms with Crippen LogP contribution < -0.4 is 15.4 Å². The van der Waals surface area contributed by atoms with Crippen molar-refractivity contribution >= 4 is 11.8 Å². The van der Waals surface area contributed by atoms with Crippen molar-refractivity contribution in [2.75, 3.05) is 27.4 Å². The third kappa shape index (κ3) is 6.35. The van der Waals surface area contributed by atoms with E-state index in [1.165, 1.54) is 7.11 Å². The first-order chi connectivity index (χ1) is 13.1. The molecule has 1 aromatic rings. The second kappa shape index (κ2) is 10.7. The molecule has 3 N–H and O–H groups in total. The van der Waals surface area contributed by atoms with E-state index in [4.69, 9.17) is 14.2 Å². The third-order valence-electron chi connectivity index (χ3n) is 4.12. The van der Waals surface area contributed by atoms with Crippen LogP contribution >= 0.6 is 0 Å². The number of carbonyl (C=O) groups excluding carboxylic acids is 2. The van der Waals surface area contributed by atoms with Gasteiger partial charge < -0.3 is 30.0 Å². The fourth-order valence-electron chi connectivity index (χ4n) is 2.79. The standard InChI is InChI=1S/C19H26N2O6/c1-25-12-19(24)21-15-8-7-14(27-17(15)11-22)9-18(23)20-10-13-5-3-4-6-16(13)26-2/h3-8,14-15,17,22H,9-12H2,1-2H3,(H,20,23)(H,21,24)/t14-,15-,17-/m1/s1. The molecule has 0 aromatic heterocycles. The molecule has 1 aliphatic heterocycles. The lowest BCUT2D eigenvalue weighted by Crippen LogP contribution is -2.49. The zero-order chi connectivity index (χ0) is 19.6. The highest BCUT2D eigenvalue weighted by Crippen LogP contribution is 2.18. The number of benzene rings is 1. The van der Waals surface area contributed by atoms with Crippen LogP contribution in [-0.4, -0.2) is 62.6 Å². The molecule has 0 saturated heterocycles. The summed E-state index contributed by atoms with van der Waals surface area (Å²) in [6, 6.07) is 6.98. The summed E-state index contributed by atoms with van der Waals surface area (Å²) >= 11 is 0. The summed E-state index contributed by atoms with van der Waals surface area (Å²) in [6.45, 7) is -0.00270. The Balaban J connectivity index is 1.86. The van der Waals surface area contributed by atoms with Crippen molar-refractivity contribution in [1.82, 2.24) is 10.6 Å². The quantitative estimate of drug-likeness (QED) is 0.528. The number of nitrogens with one attached hydrogen (secondary N) is 2. The van der Waals surface area contributed by atoms with Gasteiger partial charge in [0, 0.05) is 19.2 Å². The van der Waals surface area contributed by atoms with Crippen LogP contribution in [0.2, 0.25) is 0 Å². The van der Waals surface area contributed by atoms with E-state index >= 15 is 0 Å². The molecular weight excluding hydrogens is 352 g/mol. The van der Waals surface area contributed by atoms with Crippen molar-refractivity contribution in [3.8, 4) is 5.75 Å². The number of carbonyl (C=O) groups is 2. The summed E-state index contributed by atoms with van der Waals surface area (Å²) < 4.78 is 15.7. The van der Waals surface area contributed by atoms with Gasteiger partial charge in [0.15, 0.2) is 0 Å². The van der Waals surface area contributed by atoms with Crippen molar-refractivity contribution in [3.63, 3.8) is 0 Å². The second-order valence-corrected chi connectivity index (χ2v) is 6.10. The highest BCUT2D eigenvalue weighted by atomic mass is 16.5. The van der Waals surface area contributed by atoms with Crippen molar-refractivity contribution in [2.24, 2.45) is 0 Å². The molecular formula is C19H26N2O6. The Labute approximate surface area is 158 Å². The molecule has 0 radical (unpaired) electrons. The molecule has 0 fully saturated rings. The van der Waals surface area contributed by atoms with Gasteiger partial charge in [-0.15, -0.1) is 0 Å². The van der Waals surface area contributed by atoms with Gasteiger partial charge in [0.2, 0.25) is 11.8 Å². The molecule has 0 aliphatic carbocycles. The Morgan fingerprint density at radius 1 is 1.19 bits per heavy atom. The predicted octanol–water partition coefficient (Wildman–Crippen LogP) is 0.149. The van der Waals surface area contributed by atoms with Crippen LogP contribution in [0.3, 0.4) is 0 Å². The van der Waals surface area contributed by atoms with Gasteiger partial charge in [-0.2, -0.15) is 0 Å². The Hall–Kier alpha value is -2.42. The van der Waals surface area contributed by atoms with Crippen LogP contribution in [0.1, 0.15) is 12.0 Å². The Morgan fingerprint density at radius 3 is 2.67 bits per heavy atom. The van der Waals surface area contributed by atoms with Gasteiger partial charge in [-0.3, -0.25) is 9.59 Å². The number of hydrogen-bond donors (Lipinski definition) is 3. The van der Waals surface area contributed by atoms with Gasteiger partial charge in [0.25, 0.3) is 0 Å². The van der Waals surface area contributed by atoms with E-state index in [0.29, 0.717) is 12.3 Å². The van der Waals surface area contributed by atoms with Crippen LogP contribution in [0, 0.1) is 0 Å². The van der Waals surface area contributed by atoms with Gasteiger partial charge in [0.05, 0.1) is 32.3 Å². The van der Waals surface area contributed by atoms with E-state index in [-0.39, 0.29) is 31.4 Å². The molecule has 1 aromatic carbocycles. The molecule has 148 valence electrons. The largest absolute Gasteiger partial charge is 0.496 e. The lowest BCUT2D eigenvalue weighted by atomic mass is 10.0. The first kappa shape index (κ1) is 20.9. The van der Waals surface area contributed by atoms with E-state index < -0.39 is 18.2 Å². The fourth-order valence-corrected chi connectivity index (χ4v) is 2.79. The molecule has 27 heavy (non-hydrogen) atoms. The highest BCUT2D eigenvalue weighted by Gasteiger charge is 2.28. The predicted molar refractivity (Wildman–Crippen MR) is 98.2 cm³/mol. The maximum absolute atomic E-state index is 12.2. The molecule has 0 bridgehead atoms. The number of para-hydroxylation sites is 1. The van der Waals surface area contributed by atoms with Gasteiger partial charge in [-0.05, 0) is 6.07 Å². The smallest absolute Gasteiger partial charge is 0.246 e. The molecule has 2 amide bonds. The van der Waals surface area contributed by atoms with Crippen LogP contribution in [-0.2, 0) is 25.6 Å². The molecule has 1 heterocycles. The van der Waals surface area contributed by atoms with Crippen molar-refractivity contribution in [1.29, 1.82) is 0 Å². The molecule has 0 saturated carbocycles. The number of aliphatic hydroxyl groups excluding tert-OH is 1. The number of ether oxygens (including phenoxy) is 3. The van der Waals surface area contributed by atoms with E-state index in [1.807, 2.05) is 24.3 Å². The number of rotatable bonds is 9. The molecule has 8 heteroatoms. The average molecular weight is 378 g/mol. The van der Waals surface area contributed by atoms with Crippen molar-refractivity contribution in [2.45, 2.75) is 31.2 Å². The Kier molecular flexibility index (Phi) is 8.25. The maximum atomic E-state index is 12.2. The zero-order valence-electron chi connectivity index (χ0n) is 15.5. The summed E-state index contributed by atoms with van der Waals surface area (Å²) in [5.41, 5.74) is 0.877. The summed E-state index contributed by atoms with van der Waals surface area (Å²) in [7, 11) is 3.01. The van der Waals surface area contributed by atoms with Gasteiger partial charge in [-0.25, -0.2) is 0 Å². The molecule has 0 unspecified atom stereocenters. The normalized spacial score (nSPS) is 21.5. The van der Waals surface area contributed by atoms with E-state index in [9.17, 15) is 14.7 Å². The summed E-state index contributed by atoms with van der Waals surface area (Å²) in [4.78, 5) is 23.8. The second-order valence-electron chi connectivity index (χ2n) is 6.10. The first-order valence-corrected chi connectivity index (χ1v) is 8.69.